The average molecular weight is 331 g/mol. The quantitative estimate of drug-likeness (QED) is 0.821. The summed E-state index contributed by atoms with van der Waals surface area (Å²) in [7, 11) is 1.74. The summed E-state index contributed by atoms with van der Waals surface area (Å²) in [4.78, 5) is 28.7. The average Bonchev–Trinajstić information content (AvgIpc) is 3.36. The molecule has 1 aromatic heterocycles. The van der Waals surface area contributed by atoms with Crippen LogP contribution in [-0.2, 0) is 11.8 Å². The number of carbonyl (C=O) groups is 2. The largest absolute Gasteiger partial charge is 0.336 e. The van der Waals surface area contributed by atoms with Crippen LogP contribution in [0.5, 0.6) is 0 Å². The SMILES string of the molecule is C=CCN1CCCN(C(=O)c2cc(NC(=O)C3CC3)n(C)n2)CC1. The maximum atomic E-state index is 12.7. The van der Waals surface area contributed by atoms with Crippen molar-refractivity contribution in [3.8, 4) is 0 Å². The molecule has 24 heavy (non-hydrogen) atoms. The van der Waals surface area contributed by atoms with Gasteiger partial charge >= 0.3 is 0 Å². The number of nitrogens with zero attached hydrogens (tertiary/aromatic N) is 4. The van der Waals surface area contributed by atoms with Gasteiger partial charge in [0.15, 0.2) is 5.69 Å². The zero-order chi connectivity index (χ0) is 17.1. The lowest BCUT2D eigenvalue weighted by Gasteiger charge is -2.20. The Balaban J connectivity index is 1.64. The fourth-order valence-electron chi connectivity index (χ4n) is 2.96. The molecule has 3 rings (SSSR count). The summed E-state index contributed by atoms with van der Waals surface area (Å²) in [5.74, 6) is 0.656. The van der Waals surface area contributed by atoms with Gasteiger partial charge in [0.1, 0.15) is 5.82 Å². The molecule has 2 amide bonds. The molecule has 1 N–H and O–H groups in total. The van der Waals surface area contributed by atoms with Crippen molar-refractivity contribution in [2.24, 2.45) is 13.0 Å². The summed E-state index contributed by atoms with van der Waals surface area (Å²) in [6.07, 6.45) is 4.73. The van der Waals surface area contributed by atoms with Gasteiger partial charge in [-0.1, -0.05) is 6.08 Å². The summed E-state index contributed by atoms with van der Waals surface area (Å²) in [6, 6.07) is 1.68. The number of carbonyl (C=O) groups excluding carboxylic acids is 2. The minimum atomic E-state index is -0.0713. The molecule has 1 saturated carbocycles. The molecule has 0 bridgehead atoms. The molecule has 2 aliphatic rings. The number of amides is 2. The van der Waals surface area contributed by atoms with Crippen LogP contribution in [0, 0.1) is 5.92 Å². The van der Waals surface area contributed by atoms with Gasteiger partial charge in [-0.15, -0.1) is 6.58 Å². The van der Waals surface area contributed by atoms with E-state index < -0.39 is 0 Å². The zero-order valence-electron chi connectivity index (χ0n) is 14.2. The molecule has 7 heteroatoms. The molecule has 0 atom stereocenters. The first-order valence-electron chi connectivity index (χ1n) is 8.56. The maximum Gasteiger partial charge on any atom is 0.274 e. The monoisotopic (exact) mass is 331 g/mol. The Morgan fingerprint density at radius 2 is 2.12 bits per heavy atom. The van der Waals surface area contributed by atoms with E-state index in [1.165, 1.54) is 0 Å². The molecule has 1 saturated heterocycles. The van der Waals surface area contributed by atoms with Crippen molar-refractivity contribution >= 4 is 17.6 Å². The summed E-state index contributed by atoms with van der Waals surface area (Å²) in [5, 5.41) is 7.14. The van der Waals surface area contributed by atoms with E-state index in [0.717, 1.165) is 45.4 Å². The van der Waals surface area contributed by atoms with E-state index in [2.05, 4.69) is 21.9 Å². The molecule has 1 aliphatic heterocycles. The highest BCUT2D eigenvalue weighted by atomic mass is 16.2. The topological polar surface area (TPSA) is 70.5 Å². The Kier molecular flexibility index (Phi) is 4.99. The second-order valence-electron chi connectivity index (χ2n) is 6.54. The van der Waals surface area contributed by atoms with Crippen LogP contribution in [0.15, 0.2) is 18.7 Å². The Morgan fingerprint density at radius 3 is 2.83 bits per heavy atom. The van der Waals surface area contributed by atoms with E-state index in [-0.39, 0.29) is 17.7 Å². The molecule has 1 aromatic rings. The van der Waals surface area contributed by atoms with E-state index >= 15 is 0 Å². The van der Waals surface area contributed by atoms with Crippen molar-refractivity contribution in [2.75, 3.05) is 38.0 Å². The van der Waals surface area contributed by atoms with Crippen LogP contribution in [0.1, 0.15) is 29.8 Å². The van der Waals surface area contributed by atoms with Crippen molar-refractivity contribution in [3.63, 3.8) is 0 Å². The highest BCUT2D eigenvalue weighted by Crippen LogP contribution is 2.30. The van der Waals surface area contributed by atoms with Crippen molar-refractivity contribution < 1.29 is 9.59 Å². The molecule has 1 aliphatic carbocycles. The first-order chi connectivity index (χ1) is 11.6. The van der Waals surface area contributed by atoms with Crippen LogP contribution < -0.4 is 5.32 Å². The number of nitrogens with one attached hydrogen (secondary N) is 1. The van der Waals surface area contributed by atoms with Gasteiger partial charge in [-0.05, 0) is 19.3 Å². The van der Waals surface area contributed by atoms with Crippen molar-refractivity contribution in [1.29, 1.82) is 0 Å². The lowest BCUT2D eigenvalue weighted by atomic mass is 10.3. The van der Waals surface area contributed by atoms with Crippen LogP contribution in [0.4, 0.5) is 5.82 Å². The minimum Gasteiger partial charge on any atom is -0.336 e. The third kappa shape index (κ3) is 3.84. The third-order valence-corrected chi connectivity index (χ3v) is 4.56. The second-order valence-corrected chi connectivity index (χ2v) is 6.54. The molecule has 0 aromatic carbocycles. The van der Waals surface area contributed by atoms with Crippen molar-refractivity contribution in [3.05, 3.63) is 24.4 Å². The van der Waals surface area contributed by atoms with Gasteiger partial charge in [0.2, 0.25) is 5.91 Å². The number of hydrogen-bond donors (Lipinski definition) is 1. The molecule has 0 unspecified atom stereocenters. The van der Waals surface area contributed by atoms with E-state index in [1.807, 2.05) is 11.0 Å². The van der Waals surface area contributed by atoms with Gasteiger partial charge < -0.3 is 10.2 Å². The van der Waals surface area contributed by atoms with Crippen LogP contribution >= 0.6 is 0 Å². The molecule has 7 nitrogen and oxygen atoms in total. The number of rotatable bonds is 5. The van der Waals surface area contributed by atoms with E-state index in [4.69, 9.17) is 0 Å². The van der Waals surface area contributed by atoms with Crippen molar-refractivity contribution in [1.82, 2.24) is 19.6 Å². The van der Waals surface area contributed by atoms with Crippen LogP contribution in [0.3, 0.4) is 0 Å². The molecular weight excluding hydrogens is 306 g/mol. The van der Waals surface area contributed by atoms with E-state index in [1.54, 1.807) is 17.8 Å². The first-order valence-corrected chi connectivity index (χ1v) is 8.56. The number of anilines is 1. The fraction of sp³-hybridized carbons (Fsp3) is 0.588. The highest BCUT2D eigenvalue weighted by Gasteiger charge is 2.30. The van der Waals surface area contributed by atoms with Crippen LogP contribution in [0.2, 0.25) is 0 Å². The van der Waals surface area contributed by atoms with E-state index in [0.29, 0.717) is 18.1 Å². The van der Waals surface area contributed by atoms with Gasteiger partial charge in [0.05, 0.1) is 0 Å². The predicted molar refractivity (Wildman–Crippen MR) is 91.7 cm³/mol. The summed E-state index contributed by atoms with van der Waals surface area (Å²) >= 11 is 0. The van der Waals surface area contributed by atoms with E-state index in [9.17, 15) is 9.59 Å². The summed E-state index contributed by atoms with van der Waals surface area (Å²) < 4.78 is 1.56. The maximum absolute atomic E-state index is 12.7. The van der Waals surface area contributed by atoms with Crippen LogP contribution in [0.25, 0.3) is 0 Å². The minimum absolute atomic E-state index is 0.0202. The molecule has 2 heterocycles. The van der Waals surface area contributed by atoms with Gasteiger partial charge in [0, 0.05) is 51.8 Å². The molecule has 0 spiro atoms. The summed E-state index contributed by atoms with van der Waals surface area (Å²) in [5.41, 5.74) is 0.390. The molecule has 0 radical (unpaired) electrons. The van der Waals surface area contributed by atoms with Gasteiger partial charge in [-0.3, -0.25) is 19.2 Å². The Morgan fingerprint density at radius 1 is 1.33 bits per heavy atom. The Hall–Kier alpha value is -2.15. The smallest absolute Gasteiger partial charge is 0.274 e. The molecule has 130 valence electrons. The lowest BCUT2D eigenvalue weighted by molar-refractivity contribution is -0.117. The highest BCUT2D eigenvalue weighted by molar-refractivity contribution is 5.96. The lowest BCUT2D eigenvalue weighted by Crippen LogP contribution is -2.35. The fourth-order valence-corrected chi connectivity index (χ4v) is 2.96. The van der Waals surface area contributed by atoms with Gasteiger partial charge in [-0.2, -0.15) is 5.10 Å². The third-order valence-electron chi connectivity index (χ3n) is 4.56. The predicted octanol–water partition coefficient (Wildman–Crippen LogP) is 1.10. The molecular formula is C17H25N5O2. The van der Waals surface area contributed by atoms with Gasteiger partial charge in [-0.25, -0.2) is 0 Å². The normalized spacial score (nSPS) is 19.0. The number of aromatic nitrogens is 2. The molecule has 2 fully saturated rings. The van der Waals surface area contributed by atoms with Crippen LogP contribution in [-0.4, -0.2) is 64.1 Å². The Labute approximate surface area is 142 Å². The number of aryl methyl sites for hydroxylation is 1. The van der Waals surface area contributed by atoms with Gasteiger partial charge in [0.25, 0.3) is 5.91 Å². The van der Waals surface area contributed by atoms with Crippen molar-refractivity contribution in [2.45, 2.75) is 19.3 Å². The second kappa shape index (κ2) is 7.17. The number of hydrogen-bond acceptors (Lipinski definition) is 4. The Bertz CT molecular complexity index is 635. The zero-order valence-corrected chi connectivity index (χ0v) is 14.2. The first kappa shape index (κ1) is 16.7. The summed E-state index contributed by atoms with van der Waals surface area (Å²) in [6.45, 7) is 7.85. The standard InChI is InChI=1S/C17H25N5O2/c1-3-7-21-8-4-9-22(11-10-21)17(24)14-12-15(20(2)19-14)18-16(23)13-5-6-13/h3,12-13H,1,4-11H2,2H3,(H,18,23).